The van der Waals surface area contributed by atoms with Crippen molar-refractivity contribution in [2.24, 2.45) is 0 Å². The number of hydrogen-bond acceptors (Lipinski definition) is 0. The zero-order valence-corrected chi connectivity index (χ0v) is 19.7. The molecule has 36 heavy (non-hydrogen) atoms. The fourth-order valence-electron chi connectivity index (χ4n) is 4.59. The smallest absolute Gasteiger partial charge is 0.0327 e. The molecule has 166 valence electrons. The van der Waals surface area contributed by atoms with E-state index in [2.05, 4.69) is 145 Å². The van der Waals surface area contributed by atoms with Gasteiger partial charge in [0.1, 0.15) is 0 Å². The van der Waals surface area contributed by atoms with Gasteiger partial charge in [0.15, 0.2) is 0 Å². The summed E-state index contributed by atoms with van der Waals surface area (Å²) in [6.45, 7) is 0. The third-order valence-corrected chi connectivity index (χ3v) is 6.39. The van der Waals surface area contributed by atoms with Gasteiger partial charge in [0, 0.05) is 22.3 Å². The quantitative estimate of drug-likeness (QED) is 0.219. The van der Waals surface area contributed by atoms with Crippen LogP contribution in [0.5, 0.6) is 0 Å². The van der Waals surface area contributed by atoms with Gasteiger partial charge in [-0.05, 0) is 56.9 Å². The van der Waals surface area contributed by atoms with Crippen LogP contribution in [-0.4, -0.2) is 0 Å². The van der Waals surface area contributed by atoms with Crippen molar-refractivity contribution in [2.75, 3.05) is 0 Å². The molecule has 6 aromatic rings. The Morgan fingerprint density at radius 1 is 0.278 bits per heavy atom. The minimum atomic E-state index is 0.991. The van der Waals surface area contributed by atoms with Crippen molar-refractivity contribution in [1.82, 2.24) is 0 Å². The fraction of sp³-hybridized carbons (Fsp3) is 0. The predicted octanol–water partition coefficient (Wildman–Crippen LogP) is 8.46. The summed E-state index contributed by atoms with van der Waals surface area (Å²) in [5.74, 6) is 13.7. The molecule has 0 atom stereocenters. The molecule has 0 saturated carbocycles. The Balaban J connectivity index is 1.43. The molecular formula is C36H22. The number of rotatable bonds is 1. The van der Waals surface area contributed by atoms with E-state index in [9.17, 15) is 0 Å². The summed E-state index contributed by atoms with van der Waals surface area (Å²) >= 11 is 0. The average Bonchev–Trinajstić information content (AvgIpc) is 2.95. The molecule has 0 heteroatoms. The highest BCUT2D eigenvalue weighted by molar-refractivity contribution is 5.89. The minimum Gasteiger partial charge on any atom is -0.0616 e. The van der Waals surface area contributed by atoms with E-state index in [1.54, 1.807) is 0 Å². The van der Waals surface area contributed by atoms with E-state index in [0.29, 0.717) is 0 Å². The van der Waals surface area contributed by atoms with Gasteiger partial charge >= 0.3 is 0 Å². The largest absolute Gasteiger partial charge is 0.0616 e. The SMILES string of the molecule is C(#Cc1cccc2ccccc12)c1ccccc1-c1ccccc1C#Cc1cccc2ccccc12. The highest BCUT2D eigenvalue weighted by Crippen LogP contribution is 2.27. The Labute approximate surface area is 211 Å². The van der Waals surface area contributed by atoms with Gasteiger partial charge in [-0.25, -0.2) is 0 Å². The summed E-state index contributed by atoms with van der Waals surface area (Å²) in [7, 11) is 0. The maximum atomic E-state index is 3.45. The Hall–Kier alpha value is -5.04. The molecule has 0 heterocycles. The zero-order valence-electron chi connectivity index (χ0n) is 19.7. The summed E-state index contributed by atoms with van der Waals surface area (Å²) in [6, 6.07) is 45.9. The second kappa shape index (κ2) is 9.68. The zero-order chi connectivity index (χ0) is 24.2. The first-order valence-electron chi connectivity index (χ1n) is 12.0. The van der Waals surface area contributed by atoms with Crippen molar-refractivity contribution in [3.8, 4) is 34.8 Å². The van der Waals surface area contributed by atoms with Gasteiger partial charge in [-0.2, -0.15) is 0 Å². The van der Waals surface area contributed by atoms with Crippen LogP contribution < -0.4 is 0 Å². The van der Waals surface area contributed by atoms with Crippen LogP contribution in [0.4, 0.5) is 0 Å². The van der Waals surface area contributed by atoms with Crippen molar-refractivity contribution >= 4 is 21.5 Å². The van der Waals surface area contributed by atoms with E-state index >= 15 is 0 Å². The third kappa shape index (κ3) is 4.25. The van der Waals surface area contributed by atoms with Crippen LogP contribution in [0.25, 0.3) is 32.7 Å². The van der Waals surface area contributed by atoms with Gasteiger partial charge in [-0.15, -0.1) is 0 Å². The summed E-state index contributed by atoms with van der Waals surface area (Å²) in [4.78, 5) is 0. The summed E-state index contributed by atoms with van der Waals surface area (Å²) in [5, 5.41) is 4.75. The van der Waals surface area contributed by atoms with Crippen LogP contribution in [0.3, 0.4) is 0 Å². The Morgan fingerprint density at radius 3 is 1.11 bits per heavy atom. The summed E-state index contributed by atoms with van der Waals surface area (Å²) in [6.07, 6.45) is 0. The van der Waals surface area contributed by atoms with E-state index < -0.39 is 0 Å². The van der Waals surface area contributed by atoms with Gasteiger partial charge in [-0.3, -0.25) is 0 Å². The van der Waals surface area contributed by atoms with Crippen LogP contribution in [-0.2, 0) is 0 Å². The predicted molar refractivity (Wildman–Crippen MR) is 152 cm³/mol. The normalized spacial score (nSPS) is 10.3. The molecule has 0 fully saturated rings. The van der Waals surface area contributed by atoms with E-state index in [4.69, 9.17) is 0 Å². The number of benzene rings is 6. The second-order valence-electron chi connectivity index (χ2n) is 8.64. The molecule has 0 amide bonds. The van der Waals surface area contributed by atoms with Crippen molar-refractivity contribution < 1.29 is 0 Å². The van der Waals surface area contributed by atoms with E-state index in [1.807, 2.05) is 12.1 Å². The average molecular weight is 455 g/mol. The van der Waals surface area contributed by atoms with Gasteiger partial charge in [0.2, 0.25) is 0 Å². The maximum Gasteiger partial charge on any atom is 0.0327 e. The molecule has 0 aromatic heterocycles. The Kier molecular flexibility index (Phi) is 5.78. The molecule has 0 nitrogen and oxygen atoms in total. The minimum absolute atomic E-state index is 0.991. The summed E-state index contributed by atoms with van der Waals surface area (Å²) in [5.41, 5.74) is 6.23. The van der Waals surface area contributed by atoms with Gasteiger partial charge in [-0.1, -0.05) is 133 Å². The molecule has 0 aliphatic rings. The van der Waals surface area contributed by atoms with Crippen molar-refractivity contribution in [3.63, 3.8) is 0 Å². The number of fused-ring (bicyclic) bond motifs is 2. The first-order valence-corrected chi connectivity index (χ1v) is 12.0. The Morgan fingerprint density at radius 2 is 0.611 bits per heavy atom. The van der Waals surface area contributed by atoms with E-state index in [-0.39, 0.29) is 0 Å². The standard InChI is InChI=1S/C36H22/c1-5-19-33-27(11-1)15-9-17-29(33)23-25-31-13-3-7-21-35(31)36-22-8-4-14-32(36)26-24-30-18-10-16-28-12-2-6-20-34(28)30/h1-22H. The van der Waals surface area contributed by atoms with Gasteiger partial charge < -0.3 is 0 Å². The van der Waals surface area contributed by atoms with Crippen molar-refractivity contribution in [1.29, 1.82) is 0 Å². The molecule has 0 spiro atoms. The van der Waals surface area contributed by atoms with E-state index in [0.717, 1.165) is 33.4 Å². The second-order valence-corrected chi connectivity index (χ2v) is 8.64. The molecular weight excluding hydrogens is 432 g/mol. The topological polar surface area (TPSA) is 0 Å². The van der Waals surface area contributed by atoms with Gasteiger partial charge in [0.05, 0.1) is 0 Å². The highest BCUT2D eigenvalue weighted by Gasteiger charge is 2.07. The first kappa shape index (κ1) is 21.5. The van der Waals surface area contributed by atoms with Crippen LogP contribution in [0.15, 0.2) is 133 Å². The molecule has 0 bridgehead atoms. The van der Waals surface area contributed by atoms with Gasteiger partial charge in [0.25, 0.3) is 0 Å². The Bertz CT molecular complexity index is 1700. The molecule has 6 rings (SSSR count). The van der Waals surface area contributed by atoms with Crippen LogP contribution >= 0.6 is 0 Å². The van der Waals surface area contributed by atoms with Crippen molar-refractivity contribution in [2.45, 2.75) is 0 Å². The first-order chi connectivity index (χ1) is 17.9. The molecule has 0 radical (unpaired) electrons. The maximum absolute atomic E-state index is 3.45. The fourth-order valence-corrected chi connectivity index (χ4v) is 4.59. The molecule has 0 aliphatic heterocycles. The lowest BCUT2D eigenvalue weighted by Gasteiger charge is -2.08. The molecule has 0 saturated heterocycles. The molecule has 0 unspecified atom stereocenters. The molecule has 6 aromatic carbocycles. The lowest BCUT2D eigenvalue weighted by molar-refractivity contribution is 1.55. The monoisotopic (exact) mass is 454 g/mol. The lowest BCUT2D eigenvalue weighted by Crippen LogP contribution is -1.89. The summed E-state index contributed by atoms with van der Waals surface area (Å²) < 4.78 is 0. The number of hydrogen-bond donors (Lipinski definition) is 0. The van der Waals surface area contributed by atoms with Crippen LogP contribution in [0.1, 0.15) is 22.3 Å². The van der Waals surface area contributed by atoms with Crippen LogP contribution in [0, 0.1) is 23.7 Å². The lowest BCUT2D eigenvalue weighted by atomic mass is 9.95. The van der Waals surface area contributed by atoms with Crippen molar-refractivity contribution in [3.05, 3.63) is 156 Å². The molecule has 0 aliphatic carbocycles. The highest BCUT2D eigenvalue weighted by atomic mass is 14.1. The van der Waals surface area contributed by atoms with E-state index in [1.165, 1.54) is 21.5 Å². The van der Waals surface area contributed by atoms with Crippen LogP contribution in [0.2, 0.25) is 0 Å². The third-order valence-electron chi connectivity index (χ3n) is 6.39. The molecule has 0 N–H and O–H groups in total.